The molecule has 2 heterocycles. The van der Waals surface area contributed by atoms with Crippen molar-refractivity contribution in [3.05, 3.63) is 70.3 Å². The first-order chi connectivity index (χ1) is 17.7. The molecule has 0 spiro atoms. The zero-order chi connectivity index (χ0) is 26.0. The molecule has 2 aromatic rings. The number of nitrogens with zero attached hydrogens (tertiary/aromatic N) is 3. The molecule has 10 heteroatoms. The predicted octanol–water partition coefficient (Wildman–Crippen LogP) is 3.17. The zero-order valence-corrected chi connectivity index (χ0v) is 19.9. The Bertz CT molecular complexity index is 1370. The summed E-state index contributed by atoms with van der Waals surface area (Å²) in [6, 6.07) is 10.3. The Morgan fingerprint density at radius 1 is 1.00 bits per heavy atom. The first-order valence-electron chi connectivity index (χ1n) is 12.2. The molecular formula is C27H23N3O7. The van der Waals surface area contributed by atoms with Gasteiger partial charge in [-0.25, -0.2) is 4.90 Å². The average molecular weight is 501 g/mol. The molecule has 3 amide bonds. The summed E-state index contributed by atoms with van der Waals surface area (Å²) in [5, 5.41) is 10.9. The highest BCUT2D eigenvalue weighted by atomic mass is 16.6. The minimum Gasteiger partial charge on any atom is -0.426 e. The molecule has 0 aromatic heterocycles. The summed E-state index contributed by atoms with van der Waals surface area (Å²) >= 11 is 0. The van der Waals surface area contributed by atoms with E-state index < -0.39 is 16.8 Å². The van der Waals surface area contributed by atoms with Crippen LogP contribution in [0.25, 0.3) is 0 Å². The van der Waals surface area contributed by atoms with Crippen LogP contribution in [0.3, 0.4) is 0 Å². The number of aryl methyl sites for hydroxylation is 1. The van der Waals surface area contributed by atoms with Gasteiger partial charge in [-0.05, 0) is 61.1 Å². The first kappa shape index (κ1) is 23.1. The molecule has 1 saturated carbocycles. The van der Waals surface area contributed by atoms with Crippen LogP contribution in [0.1, 0.15) is 18.4 Å². The van der Waals surface area contributed by atoms with Crippen LogP contribution in [0.15, 0.2) is 54.6 Å². The van der Waals surface area contributed by atoms with Crippen molar-refractivity contribution in [2.45, 2.75) is 19.8 Å². The van der Waals surface area contributed by atoms with Crippen LogP contribution in [0.5, 0.6) is 5.75 Å². The van der Waals surface area contributed by atoms with E-state index in [-0.39, 0.29) is 65.8 Å². The van der Waals surface area contributed by atoms with Gasteiger partial charge in [-0.2, -0.15) is 0 Å². The van der Waals surface area contributed by atoms with E-state index in [0.717, 1.165) is 6.42 Å². The van der Waals surface area contributed by atoms with Gasteiger partial charge in [0.05, 0.1) is 28.4 Å². The third-order valence-corrected chi connectivity index (χ3v) is 7.93. The molecule has 0 radical (unpaired) electrons. The number of esters is 1. The number of carbonyl (C=O) groups is 4. The van der Waals surface area contributed by atoms with Gasteiger partial charge in [0, 0.05) is 30.8 Å². The number of allylic oxidation sites excluding steroid dienone is 2. The first-order valence-corrected chi connectivity index (χ1v) is 12.2. The van der Waals surface area contributed by atoms with E-state index in [4.69, 9.17) is 4.74 Å². The molecule has 2 aliphatic heterocycles. The number of nitro benzene ring substituents is 1. The Labute approximate surface area is 211 Å². The van der Waals surface area contributed by atoms with Crippen molar-refractivity contribution in [1.29, 1.82) is 0 Å². The summed E-state index contributed by atoms with van der Waals surface area (Å²) in [4.78, 5) is 64.6. The zero-order valence-electron chi connectivity index (χ0n) is 19.9. The van der Waals surface area contributed by atoms with Gasteiger partial charge in [0.1, 0.15) is 5.75 Å². The van der Waals surface area contributed by atoms with Crippen molar-refractivity contribution in [2.75, 3.05) is 16.3 Å². The number of hydrogen-bond donors (Lipinski definition) is 0. The second-order valence-electron chi connectivity index (χ2n) is 10.1. The molecule has 2 aromatic carbocycles. The molecule has 4 aliphatic rings. The predicted molar refractivity (Wildman–Crippen MR) is 131 cm³/mol. The number of benzene rings is 2. The topological polar surface area (TPSA) is 127 Å². The van der Waals surface area contributed by atoms with Gasteiger partial charge in [-0.15, -0.1) is 0 Å². The smallest absolute Gasteiger partial charge is 0.316 e. The molecule has 6 rings (SSSR count). The SMILES string of the molecule is Cc1cc(OC(=O)[C@@H]2CC(=O)N(c3ccc([N+](=O)[O-])cc3)C2)ccc1N1C(=O)[C@H]2[C@H](C1=O)[C@H]1C=C[C@H]2C1. The highest BCUT2D eigenvalue weighted by Gasteiger charge is 2.59. The lowest BCUT2D eigenvalue weighted by Gasteiger charge is -2.20. The van der Waals surface area contributed by atoms with Gasteiger partial charge < -0.3 is 9.64 Å². The summed E-state index contributed by atoms with van der Waals surface area (Å²) in [6.45, 7) is 1.85. The highest BCUT2D eigenvalue weighted by molar-refractivity contribution is 6.23. The number of amides is 3. The second-order valence-corrected chi connectivity index (χ2v) is 10.1. The van der Waals surface area contributed by atoms with Crippen LogP contribution in [0.2, 0.25) is 0 Å². The molecule has 2 aliphatic carbocycles. The van der Waals surface area contributed by atoms with E-state index in [1.807, 2.05) is 12.2 Å². The molecule has 0 N–H and O–H groups in total. The molecule has 2 bridgehead atoms. The monoisotopic (exact) mass is 501 g/mol. The number of nitro groups is 1. The van der Waals surface area contributed by atoms with Crippen molar-refractivity contribution < 1.29 is 28.8 Å². The van der Waals surface area contributed by atoms with Crippen LogP contribution in [-0.2, 0) is 19.2 Å². The standard InChI is InChI=1S/C27H23N3O7/c1-14-10-20(8-9-21(14)29-25(32)23-15-2-3-16(11-15)24(23)26(29)33)37-27(34)17-12-22(31)28(13-17)18-4-6-19(7-5-18)30(35)36/h2-10,15-17,23-24H,11-13H2,1H3/t15-,16-,17+,23+,24+/m0/s1. The maximum atomic E-state index is 13.1. The molecule has 0 unspecified atom stereocenters. The van der Waals surface area contributed by atoms with E-state index in [2.05, 4.69) is 0 Å². The Morgan fingerprint density at radius 2 is 1.65 bits per heavy atom. The Kier molecular flexibility index (Phi) is 5.22. The van der Waals surface area contributed by atoms with E-state index in [1.54, 1.807) is 25.1 Å². The van der Waals surface area contributed by atoms with Gasteiger partial charge in [0.15, 0.2) is 0 Å². The number of hydrogen-bond acceptors (Lipinski definition) is 7. The van der Waals surface area contributed by atoms with Crippen LogP contribution in [0, 0.1) is 46.6 Å². The molecule has 5 atom stereocenters. The minimum absolute atomic E-state index is 0.0389. The van der Waals surface area contributed by atoms with Crippen LogP contribution in [-0.4, -0.2) is 35.2 Å². The third kappa shape index (κ3) is 3.62. The number of rotatable bonds is 5. The lowest BCUT2D eigenvalue weighted by molar-refractivity contribution is -0.384. The normalized spacial score (nSPS) is 27.8. The molecular weight excluding hydrogens is 478 g/mol. The minimum atomic E-state index is -0.702. The number of imide groups is 1. The fourth-order valence-electron chi connectivity index (χ4n) is 6.15. The van der Waals surface area contributed by atoms with E-state index in [9.17, 15) is 29.3 Å². The number of ether oxygens (including phenoxy) is 1. The number of non-ortho nitro benzene ring substituents is 1. The van der Waals surface area contributed by atoms with E-state index >= 15 is 0 Å². The van der Waals surface area contributed by atoms with E-state index in [1.165, 1.54) is 34.1 Å². The lowest BCUT2D eigenvalue weighted by atomic mass is 9.85. The fraction of sp³-hybridized carbons (Fsp3) is 0.333. The van der Waals surface area contributed by atoms with Crippen molar-refractivity contribution >= 4 is 40.8 Å². The number of carbonyl (C=O) groups excluding carboxylic acids is 4. The highest BCUT2D eigenvalue weighted by Crippen LogP contribution is 2.53. The fourth-order valence-corrected chi connectivity index (χ4v) is 6.15. The summed E-state index contributed by atoms with van der Waals surface area (Å²) in [5.41, 5.74) is 1.50. The Morgan fingerprint density at radius 3 is 2.24 bits per heavy atom. The molecule has 188 valence electrons. The number of fused-ring (bicyclic) bond motifs is 5. The van der Waals surface area contributed by atoms with Gasteiger partial charge >= 0.3 is 5.97 Å². The number of anilines is 2. The van der Waals surface area contributed by atoms with Gasteiger partial charge in [0.2, 0.25) is 17.7 Å². The summed E-state index contributed by atoms with van der Waals surface area (Å²) in [7, 11) is 0. The summed E-state index contributed by atoms with van der Waals surface area (Å²) < 4.78 is 5.55. The van der Waals surface area contributed by atoms with Gasteiger partial charge in [-0.1, -0.05) is 12.2 Å². The van der Waals surface area contributed by atoms with Gasteiger partial charge in [-0.3, -0.25) is 29.3 Å². The largest absolute Gasteiger partial charge is 0.426 e. The Hall–Kier alpha value is -4.34. The van der Waals surface area contributed by atoms with Crippen molar-refractivity contribution in [3.63, 3.8) is 0 Å². The maximum Gasteiger partial charge on any atom is 0.316 e. The Balaban J connectivity index is 1.14. The third-order valence-electron chi connectivity index (χ3n) is 7.93. The quantitative estimate of drug-likeness (QED) is 0.154. The van der Waals surface area contributed by atoms with Crippen molar-refractivity contribution in [3.8, 4) is 5.75 Å². The molecule has 37 heavy (non-hydrogen) atoms. The van der Waals surface area contributed by atoms with E-state index in [0.29, 0.717) is 16.9 Å². The van der Waals surface area contributed by atoms with Crippen LogP contribution in [0.4, 0.5) is 17.1 Å². The molecule has 3 fully saturated rings. The van der Waals surface area contributed by atoms with Crippen molar-refractivity contribution in [2.24, 2.45) is 29.6 Å². The summed E-state index contributed by atoms with van der Waals surface area (Å²) in [5.74, 6) is -1.98. The molecule has 10 nitrogen and oxygen atoms in total. The van der Waals surface area contributed by atoms with Gasteiger partial charge in [0.25, 0.3) is 5.69 Å². The molecule has 2 saturated heterocycles. The average Bonchev–Trinajstić information content (AvgIpc) is 3.63. The second kappa shape index (κ2) is 8.36. The van der Waals surface area contributed by atoms with Crippen molar-refractivity contribution in [1.82, 2.24) is 0 Å². The lowest BCUT2D eigenvalue weighted by Crippen LogP contribution is -2.33. The summed E-state index contributed by atoms with van der Waals surface area (Å²) in [6.07, 6.45) is 4.92. The van der Waals surface area contributed by atoms with Crippen LogP contribution >= 0.6 is 0 Å². The maximum absolute atomic E-state index is 13.1. The van der Waals surface area contributed by atoms with Crippen LogP contribution < -0.4 is 14.5 Å².